The van der Waals surface area contributed by atoms with Gasteiger partial charge >= 0.3 is 0 Å². The lowest BCUT2D eigenvalue weighted by molar-refractivity contribution is -0.128. The molecule has 1 aliphatic heterocycles. The first-order valence-corrected chi connectivity index (χ1v) is 10.1. The number of carbonyl (C=O) groups is 1. The van der Waals surface area contributed by atoms with Gasteiger partial charge in [0.15, 0.2) is 5.58 Å². The van der Waals surface area contributed by atoms with Crippen LogP contribution in [-0.2, 0) is 9.53 Å². The van der Waals surface area contributed by atoms with E-state index in [4.69, 9.17) is 20.8 Å². The van der Waals surface area contributed by atoms with Gasteiger partial charge in [0.25, 0.3) is 6.01 Å². The van der Waals surface area contributed by atoms with Gasteiger partial charge in [0.1, 0.15) is 5.52 Å². The Kier molecular flexibility index (Phi) is 5.28. The number of benzene rings is 1. The van der Waals surface area contributed by atoms with E-state index in [2.05, 4.69) is 15.2 Å². The monoisotopic (exact) mass is 391 g/mol. The van der Waals surface area contributed by atoms with Gasteiger partial charge < -0.3 is 19.4 Å². The SMILES string of the molecule is COCC1(NC(=O)C2CCCN(c3nc4cc(Cl)ccc4o3)C2)CCCC1. The van der Waals surface area contributed by atoms with Gasteiger partial charge in [-0.2, -0.15) is 4.98 Å². The highest BCUT2D eigenvalue weighted by Crippen LogP contribution is 2.32. The molecule has 7 heteroatoms. The molecule has 1 saturated carbocycles. The van der Waals surface area contributed by atoms with Gasteiger partial charge in [0.2, 0.25) is 5.91 Å². The minimum Gasteiger partial charge on any atom is -0.423 e. The summed E-state index contributed by atoms with van der Waals surface area (Å²) in [6.45, 7) is 2.05. The van der Waals surface area contributed by atoms with E-state index >= 15 is 0 Å². The first kappa shape index (κ1) is 18.6. The fourth-order valence-electron chi connectivity index (χ4n) is 4.39. The number of halogens is 1. The third-order valence-corrected chi connectivity index (χ3v) is 6.01. The zero-order valence-electron chi connectivity index (χ0n) is 15.7. The molecule has 1 aromatic heterocycles. The summed E-state index contributed by atoms with van der Waals surface area (Å²) in [6.07, 6.45) is 6.11. The van der Waals surface area contributed by atoms with Crippen LogP contribution >= 0.6 is 11.6 Å². The van der Waals surface area contributed by atoms with E-state index in [1.165, 1.54) is 0 Å². The lowest BCUT2D eigenvalue weighted by Crippen LogP contribution is -2.54. The molecular formula is C20H26ClN3O3. The van der Waals surface area contributed by atoms with E-state index < -0.39 is 0 Å². The van der Waals surface area contributed by atoms with E-state index in [-0.39, 0.29) is 17.4 Å². The summed E-state index contributed by atoms with van der Waals surface area (Å²) < 4.78 is 11.3. The Hall–Kier alpha value is -1.79. The molecule has 0 radical (unpaired) electrons. The predicted octanol–water partition coefficient (Wildman–Crippen LogP) is 3.77. The standard InChI is InChI=1S/C20H26ClN3O3/c1-26-13-20(8-2-3-9-20)23-18(25)14-5-4-10-24(12-14)19-22-16-11-15(21)6-7-17(16)27-19/h6-7,11,14H,2-5,8-10,12-13H2,1H3,(H,23,25). The van der Waals surface area contributed by atoms with Crippen LogP contribution in [0.2, 0.25) is 5.02 Å². The van der Waals surface area contributed by atoms with Crippen LogP contribution in [0.25, 0.3) is 11.1 Å². The number of rotatable bonds is 5. The molecule has 2 aliphatic rings. The number of aromatic nitrogens is 1. The lowest BCUT2D eigenvalue weighted by atomic mass is 9.93. The van der Waals surface area contributed by atoms with Crippen LogP contribution in [0, 0.1) is 5.92 Å². The average molecular weight is 392 g/mol. The number of carbonyl (C=O) groups excluding carboxylic acids is 1. The predicted molar refractivity (Wildman–Crippen MR) is 105 cm³/mol. The normalized spacial score (nSPS) is 22.3. The molecule has 1 aromatic carbocycles. The third-order valence-electron chi connectivity index (χ3n) is 5.77. The minimum atomic E-state index is -0.192. The van der Waals surface area contributed by atoms with Gasteiger partial charge in [-0.05, 0) is 43.9 Å². The molecule has 2 heterocycles. The molecule has 6 nitrogen and oxygen atoms in total. The highest BCUT2D eigenvalue weighted by molar-refractivity contribution is 6.31. The molecule has 0 spiro atoms. The summed E-state index contributed by atoms with van der Waals surface area (Å²) in [5.74, 6) is 0.0597. The average Bonchev–Trinajstić information content (AvgIpc) is 3.29. The third kappa shape index (κ3) is 3.92. The maximum absolute atomic E-state index is 13.0. The van der Waals surface area contributed by atoms with Gasteiger partial charge in [0.05, 0.1) is 18.1 Å². The van der Waals surface area contributed by atoms with Crippen molar-refractivity contribution in [1.82, 2.24) is 10.3 Å². The molecule has 1 atom stereocenters. The van der Waals surface area contributed by atoms with Gasteiger partial charge in [-0.1, -0.05) is 24.4 Å². The summed E-state index contributed by atoms with van der Waals surface area (Å²) in [7, 11) is 1.70. The zero-order chi connectivity index (χ0) is 18.9. The molecule has 2 aromatic rings. The number of methoxy groups -OCH3 is 1. The molecule has 1 aliphatic carbocycles. The number of amides is 1. The van der Waals surface area contributed by atoms with Crippen molar-refractivity contribution in [3.8, 4) is 0 Å². The highest BCUT2D eigenvalue weighted by Gasteiger charge is 2.38. The van der Waals surface area contributed by atoms with Crippen LogP contribution in [0.5, 0.6) is 0 Å². The maximum atomic E-state index is 13.0. The number of hydrogen-bond acceptors (Lipinski definition) is 5. The maximum Gasteiger partial charge on any atom is 0.298 e. The summed E-state index contributed by atoms with van der Waals surface area (Å²) >= 11 is 6.04. The Bertz CT molecular complexity index is 816. The number of nitrogens with zero attached hydrogens (tertiary/aromatic N) is 2. The number of fused-ring (bicyclic) bond motifs is 1. The van der Waals surface area contributed by atoms with Crippen molar-refractivity contribution in [2.24, 2.45) is 5.92 Å². The molecule has 146 valence electrons. The molecule has 1 saturated heterocycles. The first-order chi connectivity index (χ1) is 13.1. The molecule has 2 fully saturated rings. The van der Waals surface area contributed by atoms with Crippen LogP contribution in [0.1, 0.15) is 38.5 Å². The molecule has 1 unspecified atom stereocenters. The summed E-state index contributed by atoms with van der Waals surface area (Å²) in [5, 5.41) is 3.95. The quantitative estimate of drug-likeness (QED) is 0.840. The van der Waals surface area contributed by atoms with E-state index in [9.17, 15) is 4.79 Å². The van der Waals surface area contributed by atoms with Gasteiger partial charge in [-0.25, -0.2) is 0 Å². The second-order valence-electron chi connectivity index (χ2n) is 7.80. The molecule has 27 heavy (non-hydrogen) atoms. The van der Waals surface area contributed by atoms with E-state index in [0.717, 1.165) is 50.6 Å². The van der Waals surface area contributed by atoms with Crippen molar-refractivity contribution < 1.29 is 13.9 Å². The summed E-state index contributed by atoms with van der Waals surface area (Å²) in [6, 6.07) is 5.99. The number of ether oxygens (including phenoxy) is 1. The smallest absolute Gasteiger partial charge is 0.298 e. The van der Waals surface area contributed by atoms with Crippen molar-refractivity contribution in [1.29, 1.82) is 0 Å². The molecular weight excluding hydrogens is 366 g/mol. The van der Waals surface area contributed by atoms with Crippen LogP contribution < -0.4 is 10.2 Å². The largest absolute Gasteiger partial charge is 0.423 e. The number of nitrogens with one attached hydrogen (secondary N) is 1. The van der Waals surface area contributed by atoms with Crippen molar-refractivity contribution in [3.05, 3.63) is 23.2 Å². The van der Waals surface area contributed by atoms with Gasteiger partial charge in [0, 0.05) is 25.2 Å². The topological polar surface area (TPSA) is 67.6 Å². The minimum absolute atomic E-state index is 0.0633. The number of piperidine rings is 1. The van der Waals surface area contributed by atoms with Crippen molar-refractivity contribution in [2.45, 2.75) is 44.1 Å². The van der Waals surface area contributed by atoms with Crippen LogP contribution in [-0.4, -0.2) is 43.2 Å². The zero-order valence-corrected chi connectivity index (χ0v) is 16.4. The number of hydrogen-bond donors (Lipinski definition) is 1. The molecule has 0 bridgehead atoms. The molecule has 4 rings (SSSR count). The van der Waals surface area contributed by atoms with E-state index in [1.54, 1.807) is 19.2 Å². The number of oxazole rings is 1. The fourth-order valence-corrected chi connectivity index (χ4v) is 4.55. The van der Waals surface area contributed by atoms with Crippen LogP contribution in [0.4, 0.5) is 6.01 Å². The van der Waals surface area contributed by atoms with Crippen LogP contribution in [0.3, 0.4) is 0 Å². The Morgan fingerprint density at radius 3 is 3.00 bits per heavy atom. The summed E-state index contributed by atoms with van der Waals surface area (Å²) in [4.78, 5) is 19.6. The van der Waals surface area contributed by atoms with Crippen LogP contribution in [0.15, 0.2) is 22.6 Å². The van der Waals surface area contributed by atoms with E-state index in [1.807, 2.05) is 6.07 Å². The molecule has 1 amide bonds. The second-order valence-corrected chi connectivity index (χ2v) is 8.24. The Labute approximate surface area is 164 Å². The van der Waals surface area contributed by atoms with Gasteiger partial charge in [-0.3, -0.25) is 4.79 Å². The Balaban J connectivity index is 1.46. The van der Waals surface area contributed by atoms with Gasteiger partial charge in [-0.15, -0.1) is 0 Å². The fraction of sp³-hybridized carbons (Fsp3) is 0.600. The first-order valence-electron chi connectivity index (χ1n) is 9.71. The Morgan fingerprint density at radius 1 is 1.41 bits per heavy atom. The van der Waals surface area contributed by atoms with E-state index in [0.29, 0.717) is 29.8 Å². The van der Waals surface area contributed by atoms with Crippen molar-refractivity contribution >= 4 is 34.6 Å². The molecule has 1 N–H and O–H groups in total. The highest BCUT2D eigenvalue weighted by atomic mass is 35.5. The second kappa shape index (κ2) is 7.68. The Morgan fingerprint density at radius 2 is 2.22 bits per heavy atom. The van der Waals surface area contributed by atoms with Crippen molar-refractivity contribution in [3.63, 3.8) is 0 Å². The lowest BCUT2D eigenvalue weighted by Gasteiger charge is -2.35. The summed E-state index contributed by atoms with van der Waals surface area (Å²) in [5.41, 5.74) is 1.27. The van der Waals surface area contributed by atoms with Crippen molar-refractivity contribution in [2.75, 3.05) is 31.7 Å². The number of anilines is 1.